The molecule has 2 atom stereocenters. The Bertz CT molecular complexity index is 1350. The predicted molar refractivity (Wildman–Crippen MR) is 147 cm³/mol. The summed E-state index contributed by atoms with van der Waals surface area (Å²) in [6.45, 7) is 7.95. The van der Waals surface area contributed by atoms with E-state index in [1.165, 1.54) is 18.4 Å². The lowest BCUT2D eigenvalue weighted by molar-refractivity contribution is -0.142. The summed E-state index contributed by atoms with van der Waals surface area (Å²) in [4.78, 5) is 52.6. The van der Waals surface area contributed by atoms with E-state index in [0.29, 0.717) is 55.4 Å². The summed E-state index contributed by atoms with van der Waals surface area (Å²) in [5.41, 5.74) is 1.48. The van der Waals surface area contributed by atoms with Gasteiger partial charge in [0, 0.05) is 55.7 Å². The molecular formula is C27H32N6O5S. The molecule has 0 aliphatic carbocycles. The smallest absolute Gasteiger partial charge is 0.337 e. The van der Waals surface area contributed by atoms with Crippen molar-refractivity contribution in [1.82, 2.24) is 20.1 Å². The third-order valence-electron chi connectivity index (χ3n) is 7.61. The molecule has 2 N–H and O–H groups in total. The van der Waals surface area contributed by atoms with Gasteiger partial charge in [0.05, 0.1) is 30.2 Å². The zero-order chi connectivity index (χ0) is 27.9. The van der Waals surface area contributed by atoms with Crippen molar-refractivity contribution in [2.75, 3.05) is 44.7 Å². The molecule has 5 rings (SSSR count). The summed E-state index contributed by atoms with van der Waals surface area (Å²) in [6.07, 6.45) is 1.72. The van der Waals surface area contributed by atoms with Crippen LogP contribution in [0.2, 0.25) is 0 Å². The second-order valence-corrected chi connectivity index (χ2v) is 11.4. The van der Waals surface area contributed by atoms with Gasteiger partial charge in [0.15, 0.2) is 10.8 Å². The maximum Gasteiger partial charge on any atom is 0.337 e. The summed E-state index contributed by atoms with van der Waals surface area (Å²) in [5, 5.41) is 15.6. The second-order valence-electron chi connectivity index (χ2n) is 10.5. The summed E-state index contributed by atoms with van der Waals surface area (Å²) in [5.74, 6) is -0.711. The number of nitrogens with one attached hydrogen (secondary N) is 1. The highest BCUT2D eigenvalue weighted by Crippen LogP contribution is 2.31. The lowest BCUT2D eigenvalue weighted by Gasteiger charge is -2.37. The highest BCUT2D eigenvalue weighted by Gasteiger charge is 2.42. The largest absolute Gasteiger partial charge is 0.481 e. The number of thiazole rings is 1. The van der Waals surface area contributed by atoms with Crippen LogP contribution in [0.4, 0.5) is 10.5 Å². The van der Waals surface area contributed by atoms with Crippen LogP contribution in [0.1, 0.15) is 31.3 Å². The Kier molecular flexibility index (Phi) is 7.17. The molecule has 206 valence electrons. The number of methoxy groups -OCH3 is 1. The minimum Gasteiger partial charge on any atom is -0.481 e. The fourth-order valence-corrected chi connectivity index (χ4v) is 5.86. The molecular weight excluding hydrogens is 520 g/mol. The Morgan fingerprint density at radius 1 is 1.26 bits per heavy atom. The van der Waals surface area contributed by atoms with Crippen molar-refractivity contribution in [2.45, 2.75) is 38.3 Å². The SMILES string of the molecule is COC(=O)C1=C(CN2CCN3C(=O)N(c4cccc(C(C)(C)C(=O)O)c4)C[C@@H]3C2)NC(c2nccs2)=N[C@H]1C. The number of carboxylic acids is 1. The van der Waals surface area contributed by atoms with E-state index >= 15 is 0 Å². The number of amidine groups is 1. The molecule has 11 nitrogen and oxygen atoms in total. The van der Waals surface area contributed by atoms with Crippen molar-refractivity contribution in [3.05, 3.63) is 57.7 Å². The third-order valence-corrected chi connectivity index (χ3v) is 8.39. The highest BCUT2D eigenvalue weighted by atomic mass is 32.1. The molecule has 39 heavy (non-hydrogen) atoms. The number of fused-ring (bicyclic) bond motifs is 1. The average Bonchev–Trinajstić information content (AvgIpc) is 3.56. The zero-order valence-electron chi connectivity index (χ0n) is 22.4. The molecule has 4 heterocycles. The Morgan fingerprint density at radius 3 is 2.74 bits per heavy atom. The molecule has 0 radical (unpaired) electrons. The number of carbonyl (C=O) groups is 3. The number of carbonyl (C=O) groups excluding carboxylic acids is 2. The lowest BCUT2D eigenvalue weighted by Crippen LogP contribution is -2.53. The van der Waals surface area contributed by atoms with Crippen LogP contribution in [-0.2, 0) is 19.7 Å². The topological polar surface area (TPSA) is 128 Å². The Balaban J connectivity index is 1.33. The summed E-state index contributed by atoms with van der Waals surface area (Å²) < 4.78 is 5.07. The maximum atomic E-state index is 13.3. The first-order valence-corrected chi connectivity index (χ1v) is 13.7. The van der Waals surface area contributed by atoms with Gasteiger partial charge in [0.25, 0.3) is 0 Å². The van der Waals surface area contributed by atoms with Crippen LogP contribution < -0.4 is 10.2 Å². The standard InChI is InChI=1S/C27H32N6O5S/c1-16-21(24(34)38-4)20(30-22(29-16)23-28-8-11-39-23)15-31-9-10-32-19(13-31)14-33(26(32)37)18-7-5-6-17(12-18)27(2,3)25(35)36/h5-8,11-12,16,19H,9-10,13-15H2,1-4H3,(H,29,30)(H,35,36)/t16-,19-/m0/s1. The molecule has 0 unspecified atom stereocenters. The molecule has 2 aromatic rings. The van der Waals surface area contributed by atoms with Gasteiger partial charge in [0.2, 0.25) is 0 Å². The van der Waals surface area contributed by atoms with Crippen molar-refractivity contribution in [3.8, 4) is 0 Å². The molecule has 3 aliphatic heterocycles. The number of aromatic nitrogens is 1. The number of piperazine rings is 1. The van der Waals surface area contributed by atoms with Gasteiger partial charge in [-0.1, -0.05) is 12.1 Å². The Labute approximate surface area is 230 Å². The number of hydrogen-bond acceptors (Lipinski definition) is 9. The number of benzene rings is 1. The first-order valence-electron chi connectivity index (χ1n) is 12.8. The van der Waals surface area contributed by atoms with Gasteiger partial charge in [-0.2, -0.15) is 0 Å². The van der Waals surface area contributed by atoms with E-state index in [0.717, 1.165) is 10.7 Å². The number of anilines is 1. The molecule has 2 amide bonds. The van der Waals surface area contributed by atoms with Crippen LogP contribution in [0, 0.1) is 0 Å². The van der Waals surface area contributed by atoms with Crippen LogP contribution >= 0.6 is 11.3 Å². The maximum absolute atomic E-state index is 13.3. The number of esters is 1. The number of urea groups is 1. The molecule has 3 aliphatic rings. The Hall–Kier alpha value is -3.77. The van der Waals surface area contributed by atoms with Crippen LogP contribution in [0.25, 0.3) is 0 Å². The summed E-state index contributed by atoms with van der Waals surface area (Å²) in [6, 6.07) is 6.70. The van der Waals surface area contributed by atoms with Crippen molar-refractivity contribution >= 4 is 40.8 Å². The zero-order valence-corrected chi connectivity index (χ0v) is 23.2. The van der Waals surface area contributed by atoms with Crippen LogP contribution in [-0.4, -0.2) is 95.6 Å². The van der Waals surface area contributed by atoms with E-state index in [1.54, 1.807) is 43.1 Å². The number of nitrogens with zero attached hydrogens (tertiary/aromatic N) is 5. The highest BCUT2D eigenvalue weighted by molar-refractivity contribution is 7.11. The molecule has 1 aromatic heterocycles. The molecule has 2 saturated heterocycles. The van der Waals surface area contributed by atoms with E-state index in [1.807, 2.05) is 23.3 Å². The molecule has 0 saturated carbocycles. The molecule has 12 heteroatoms. The van der Waals surface area contributed by atoms with Gasteiger partial charge in [0.1, 0.15) is 0 Å². The summed E-state index contributed by atoms with van der Waals surface area (Å²) in [7, 11) is 1.36. The summed E-state index contributed by atoms with van der Waals surface area (Å²) >= 11 is 1.47. The van der Waals surface area contributed by atoms with E-state index < -0.39 is 17.4 Å². The normalized spacial score (nSPS) is 21.9. The molecule has 0 bridgehead atoms. The number of aliphatic carboxylic acids is 1. The number of carboxylic acid groups (broad SMARTS) is 1. The number of ether oxygens (including phenoxy) is 1. The lowest BCUT2D eigenvalue weighted by atomic mass is 9.84. The van der Waals surface area contributed by atoms with E-state index in [2.05, 4.69) is 20.2 Å². The molecule has 0 spiro atoms. The average molecular weight is 553 g/mol. The molecule has 2 fully saturated rings. The van der Waals surface area contributed by atoms with Crippen LogP contribution in [0.3, 0.4) is 0 Å². The number of aliphatic imine (C=N–C) groups is 1. The fourth-order valence-electron chi connectivity index (χ4n) is 5.27. The van der Waals surface area contributed by atoms with Gasteiger partial charge < -0.3 is 20.1 Å². The first-order chi connectivity index (χ1) is 18.6. The van der Waals surface area contributed by atoms with Gasteiger partial charge in [-0.05, 0) is 38.5 Å². The third kappa shape index (κ3) is 5.01. The van der Waals surface area contributed by atoms with Crippen molar-refractivity contribution in [3.63, 3.8) is 0 Å². The monoisotopic (exact) mass is 552 g/mol. The van der Waals surface area contributed by atoms with Gasteiger partial charge in [-0.3, -0.25) is 19.6 Å². The van der Waals surface area contributed by atoms with Crippen LogP contribution in [0.5, 0.6) is 0 Å². The van der Waals surface area contributed by atoms with E-state index in [4.69, 9.17) is 4.74 Å². The van der Waals surface area contributed by atoms with E-state index in [9.17, 15) is 19.5 Å². The van der Waals surface area contributed by atoms with E-state index in [-0.39, 0.29) is 18.1 Å². The number of rotatable bonds is 7. The minimum absolute atomic E-state index is 0.0438. The second kappa shape index (κ2) is 10.4. The van der Waals surface area contributed by atoms with Crippen LogP contribution in [0.15, 0.2) is 52.1 Å². The minimum atomic E-state index is -1.07. The van der Waals surface area contributed by atoms with Crippen molar-refractivity contribution in [1.29, 1.82) is 0 Å². The number of amides is 2. The first kappa shape index (κ1) is 26.8. The fraction of sp³-hybridized carbons (Fsp3) is 0.444. The van der Waals surface area contributed by atoms with Gasteiger partial charge >= 0.3 is 18.0 Å². The predicted octanol–water partition coefficient (Wildman–Crippen LogP) is 2.30. The van der Waals surface area contributed by atoms with Crippen molar-refractivity contribution < 1.29 is 24.2 Å². The van der Waals surface area contributed by atoms with Gasteiger partial charge in [-0.25, -0.2) is 14.6 Å². The molecule has 1 aromatic carbocycles. The Morgan fingerprint density at radius 2 is 2.05 bits per heavy atom. The number of hydrogen-bond donors (Lipinski definition) is 2. The van der Waals surface area contributed by atoms with Crippen molar-refractivity contribution in [2.24, 2.45) is 4.99 Å². The van der Waals surface area contributed by atoms with Gasteiger partial charge in [-0.15, -0.1) is 11.3 Å². The quantitative estimate of drug-likeness (QED) is 0.501.